The second kappa shape index (κ2) is 9.57. The molecule has 2 amide bonds. The van der Waals surface area contributed by atoms with Crippen LogP contribution in [0.4, 0.5) is 4.79 Å². The molecule has 0 unspecified atom stereocenters. The molecule has 8 nitrogen and oxygen atoms in total. The van der Waals surface area contributed by atoms with Crippen molar-refractivity contribution in [3.8, 4) is 5.75 Å². The maximum Gasteiger partial charge on any atom is 0.315 e. The van der Waals surface area contributed by atoms with Gasteiger partial charge >= 0.3 is 6.03 Å². The monoisotopic (exact) mass is 439 g/mol. The summed E-state index contributed by atoms with van der Waals surface area (Å²) in [4.78, 5) is 13.0. The van der Waals surface area contributed by atoms with Gasteiger partial charge in [-0.05, 0) is 25.1 Å². The number of carbonyl (C=O) groups is 1. The summed E-state index contributed by atoms with van der Waals surface area (Å²) in [5.74, 6) is 0.705. The van der Waals surface area contributed by atoms with Crippen molar-refractivity contribution >= 4 is 27.4 Å². The van der Waals surface area contributed by atoms with Gasteiger partial charge in [0.2, 0.25) is 0 Å². The third-order valence-corrected chi connectivity index (χ3v) is 8.03. The van der Waals surface area contributed by atoms with Crippen LogP contribution >= 0.6 is 11.3 Å². The van der Waals surface area contributed by atoms with Gasteiger partial charge in [-0.3, -0.25) is 0 Å². The number of ether oxygens (including phenoxy) is 2. The lowest BCUT2D eigenvalue weighted by Gasteiger charge is -2.25. The average molecular weight is 440 g/mol. The van der Waals surface area contributed by atoms with Gasteiger partial charge < -0.3 is 20.1 Å². The number of hydrogen-bond acceptors (Lipinski definition) is 6. The fourth-order valence-corrected chi connectivity index (χ4v) is 5.88. The number of methoxy groups -OCH3 is 1. The van der Waals surface area contributed by atoms with Crippen molar-refractivity contribution in [2.24, 2.45) is 0 Å². The van der Waals surface area contributed by atoms with Gasteiger partial charge in [-0.1, -0.05) is 18.2 Å². The first-order valence-electron chi connectivity index (χ1n) is 9.25. The van der Waals surface area contributed by atoms with E-state index in [9.17, 15) is 13.2 Å². The molecule has 29 heavy (non-hydrogen) atoms. The van der Waals surface area contributed by atoms with Crippen LogP contribution in [0.25, 0.3) is 0 Å². The standard InChI is InChI=1S/C19H25N3O5S2/c1-14(16-5-3-4-6-17(16)26-2)21-19(23)20-13-15-7-8-18(28-15)29(24,25)22-9-11-27-12-10-22/h3-8,14H,9-13H2,1-2H3,(H2,20,21,23)/t14-/m1/s1. The van der Waals surface area contributed by atoms with Gasteiger partial charge in [0.1, 0.15) is 9.96 Å². The lowest BCUT2D eigenvalue weighted by atomic mass is 10.1. The summed E-state index contributed by atoms with van der Waals surface area (Å²) in [6.07, 6.45) is 0. The van der Waals surface area contributed by atoms with E-state index >= 15 is 0 Å². The lowest BCUT2D eigenvalue weighted by Crippen LogP contribution is -2.40. The number of carbonyl (C=O) groups excluding carboxylic acids is 1. The molecule has 1 fully saturated rings. The van der Waals surface area contributed by atoms with Gasteiger partial charge in [-0.15, -0.1) is 11.3 Å². The molecule has 0 saturated carbocycles. The second-order valence-corrected chi connectivity index (χ2v) is 9.86. The van der Waals surface area contributed by atoms with Crippen LogP contribution in [0.15, 0.2) is 40.6 Å². The van der Waals surface area contributed by atoms with E-state index in [-0.39, 0.29) is 22.8 Å². The predicted octanol–water partition coefficient (Wildman–Crippen LogP) is 2.34. The normalized spacial score (nSPS) is 16.2. The van der Waals surface area contributed by atoms with Crippen molar-refractivity contribution in [3.05, 3.63) is 46.8 Å². The Bertz CT molecular complexity index is 939. The molecule has 2 heterocycles. The number of rotatable bonds is 7. The molecular weight excluding hydrogens is 414 g/mol. The molecule has 1 saturated heterocycles. The van der Waals surface area contributed by atoms with Crippen molar-refractivity contribution in [3.63, 3.8) is 0 Å². The molecule has 0 radical (unpaired) electrons. The fraction of sp³-hybridized carbons (Fsp3) is 0.421. The van der Waals surface area contributed by atoms with E-state index in [4.69, 9.17) is 9.47 Å². The molecule has 0 bridgehead atoms. The maximum absolute atomic E-state index is 12.7. The third-order valence-electron chi connectivity index (χ3n) is 4.58. The summed E-state index contributed by atoms with van der Waals surface area (Å²) in [7, 11) is -1.92. The van der Waals surface area contributed by atoms with E-state index in [2.05, 4.69) is 10.6 Å². The molecule has 0 spiro atoms. The number of amides is 2. The van der Waals surface area contributed by atoms with Crippen LogP contribution in [-0.4, -0.2) is 52.2 Å². The Balaban J connectivity index is 1.56. The van der Waals surface area contributed by atoms with Crippen LogP contribution < -0.4 is 15.4 Å². The Morgan fingerprint density at radius 3 is 2.69 bits per heavy atom. The van der Waals surface area contributed by atoms with E-state index in [1.54, 1.807) is 19.2 Å². The maximum atomic E-state index is 12.7. The minimum atomic E-state index is -3.51. The van der Waals surface area contributed by atoms with Crippen molar-refractivity contribution in [2.75, 3.05) is 33.4 Å². The van der Waals surface area contributed by atoms with Gasteiger partial charge in [0.05, 0.1) is 32.9 Å². The average Bonchev–Trinajstić information content (AvgIpc) is 3.23. The van der Waals surface area contributed by atoms with Gasteiger partial charge in [0.25, 0.3) is 10.0 Å². The molecule has 1 atom stereocenters. The predicted molar refractivity (Wildman–Crippen MR) is 111 cm³/mol. The Labute approximate surface area is 174 Å². The molecule has 10 heteroatoms. The molecule has 3 rings (SSSR count). The number of para-hydroxylation sites is 1. The Kier molecular flexibility index (Phi) is 7.12. The summed E-state index contributed by atoms with van der Waals surface area (Å²) in [5, 5.41) is 5.64. The molecule has 2 aromatic rings. The zero-order valence-corrected chi connectivity index (χ0v) is 18.0. The number of thiophene rings is 1. The lowest BCUT2D eigenvalue weighted by molar-refractivity contribution is 0.0731. The summed E-state index contributed by atoms with van der Waals surface area (Å²) in [6, 6.07) is 10.2. The van der Waals surface area contributed by atoms with Crippen LogP contribution in [0.5, 0.6) is 5.75 Å². The summed E-state index contributed by atoms with van der Waals surface area (Å²) < 4.78 is 37.6. The number of urea groups is 1. The summed E-state index contributed by atoms with van der Waals surface area (Å²) in [5.41, 5.74) is 0.875. The van der Waals surface area contributed by atoms with Crippen molar-refractivity contribution < 1.29 is 22.7 Å². The second-order valence-electron chi connectivity index (χ2n) is 6.53. The van der Waals surface area contributed by atoms with Crippen molar-refractivity contribution in [2.45, 2.75) is 23.7 Å². The van der Waals surface area contributed by atoms with Gasteiger partial charge in [-0.25, -0.2) is 13.2 Å². The third kappa shape index (κ3) is 5.27. The smallest absolute Gasteiger partial charge is 0.315 e. The Hall–Kier alpha value is -2.14. The summed E-state index contributed by atoms with van der Waals surface area (Å²) >= 11 is 1.16. The molecule has 0 aliphatic carbocycles. The zero-order chi connectivity index (χ0) is 20.9. The molecule has 1 aromatic carbocycles. The molecule has 1 aliphatic rings. The van der Waals surface area contributed by atoms with Gasteiger partial charge in [0.15, 0.2) is 0 Å². The topological polar surface area (TPSA) is 97.0 Å². The highest BCUT2D eigenvalue weighted by atomic mass is 32.2. The molecule has 2 N–H and O–H groups in total. The first kappa shape index (κ1) is 21.6. The largest absolute Gasteiger partial charge is 0.496 e. The molecular formula is C19H25N3O5S2. The van der Waals surface area contributed by atoms with E-state index < -0.39 is 10.0 Å². The van der Waals surface area contributed by atoms with Crippen LogP contribution in [-0.2, 0) is 21.3 Å². The summed E-state index contributed by atoms with van der Waals surface area (Å²) in [6.45, 7) is 3.64. The minimum Gasteiger partial charge on any atom is -0.496 e. The van der Waals surface area contributed by atoms with Gasteiger partial charge in [-0.2, -0.15) is 4.31 Å². The Morgan fingerprint density at radius 1 is 1.24 bits per heavy atom. The first-order chi connectivity index (χ1) is 13.9. The van der Waals surface area contributed by atoms with Crippen LogP contribution in [0.3, 0.4) is 0 Å². The van der Waals surface area contributed by atoms with E-state index in [1.807, 2.05) is 31.2 Å². The number of hydrogen-bond donors (Lipinski definition) is 2. The number of sulfonamides is 1. The molecule has 1 aromatic heterocycles. The zero-order valence-electron chi connectivity index (χ0n) is 16.4. The number of nitrogens with one attached hydrogen (secondary N) is 2. The van der Waals surface area contributed by atoms with Crippen LogP contribution in [0.2, 0.25) is 0 Å². The fourth-order valence-electron chi connectivity index (χ4n) is 3.02. The number of morpholine rings is 1. The van der Waals surface area contributed by atoms with E-state index in [0.29, 0.717) is 32.1 Å². The quantitative estimate of drug-likeness (QED) is 0.690. The number of nitrogens with zero attached hydrogens (tertiary/aromatic N) is 1. The first-order valence-corrected chi connectivity index (χ1v) is 11.5. The van der Waals surface area contributed by atoms with Gasteiger partial charge in [0, 0.05) is 23.5 Å². The minimum absolute atomic E-state index is 0.244. The molecule has 158 valence electrons. The number of benzene rings is 1. The Morgan fingerprint density at radius 2 is 1.97 bits per heavy atom. The van der Waals surface area contributed by atoms with E-state index in [1.165, 1.54) is 4.31 Å². The molecule has 1 aliphatic heterocycles. The highest BCUT2D eigenvalue weighted by Crippen LogP contribution is 2.26. The van der Waals surface area contributed by atoms with Crippen LogP contribution in [0.1, 0.15) is 23.4 Å². The SMILES string of the molecule is COc1ccccc1[C@@H](C)NC(=O)NCc1ccc(S(=O)(=O)N2CCOCC2)s1. The van der Waals surface area contributed by atoms with Crippen molar-refractivity contribution in [1.29, 1.82) is 0 Å². The highest BCUT2D eigenvalue weighted by Gasteiger charge is 2.27. The van der Waals surface area contributed by atoms with E-state index in [0.717, 1.165) is 21.8 Å². The highest BCUT2D eigenvalue weighted by molar-refractivity contribution is 7.91. The van der Waals surface area contributed by atoms with Crippen molar-refractivity contribution in [1.82, 2.24) is 14.9 Å². The van der Waals surface area contributed by atoms with Crippen LogP contribution in [0, 0.1) is 0 Å².